The summed E-state index contributed by atoms with van der Waals surface area (Å²) in [4.78, 5) is 106. The number of likely N-dealkylation sites (tertiary alicyclic amines) is 1. The number of aromatic nitrogens is 4. The molecule has 0 spiro atoms. The Kier molecular flexibility index (Phi) is 15.1. The third kappa shape index (κ3) is 11.0. The van der Waals surface area contributed by atoms with Crippen LogP contribution in [0, 0.1) is 11.8 Å². The van der Waals surface area contributed by atoms with Gasteiger partial charge < -0.3 is 61.2 Å². The largest absolute Gasteiger partial charge is 0.445 e. The highest BCUT2D eigenvalue weighted by atomic mass is 16.6. The van der Waals surface area contributed by atoms with Gasteiger partial charge in [0.15, 0.2) is 17.7 Å². The van der Waals surface area contributed by atoms with Gasteiger partial charge in [-0.1, -0.05) is 26.0 Å². The van der Waals surface area contributed by atoms with E-state index in [-0.39, 0.29) is 38.0 Å². The number of imidazole rings is 1. The fourth-order valence-electron chi connectivity index (χ4n) is 7.39. The summed E-state index contributed by atoms with van der Waals surface area (Å²) < 4.78 is 11.4. The molecule has 0 radical (unpaired) electrons. The van der Waals surface area contributed by atoms with Crippen molar-refractivity contribution in [2.75, 3.05) is 36.9 Å². The number of benzene rings is 1. The number of anilines is 2. The molecule has 3 aliphatic heterocycles. The van der Waals surface area contributed by atoms with E-state index in [1.165, 1.54) is 24.5 Å². The number of rotatable bonds is 18. The normalized spacial score (nSPS) is 23.7. The maximum atomic E-state index is 13.5. The van der Waals surface area contributed by atoms with Crippen LogP contribution in [0.1, 0.15) is 39.2 Å². The third-order valence-electron chi connectivity index (χ3n) is 10.9. The van der Waals surface area contributed by atoms with Crippen molar-refractivity contribution in [3.8, 4) is 0 Å². The summed E-state index contributed by atoms with van der Waals surface area (Å²) in [6, 6.07) is 2.44. The molecule has 1 aromatic carbocycles. The van der Waals surface area contributed by atoms with Gasteiger partial charge in [-0.15, -0.1) is 0 Å². The number of amides is 6. The van der Waals surface area contributed by atoms with Crippen LogP contribution in [0.3, 0.4) is 0 Å². The zero-order chi connectivity index (χ0) is 45.4. The average Bonchev–Trinajstić information content (AvgIpc) is 4.04. The maximum absolute atomic E-state index is 13.5. The lowest BCUT2D eigenvalue weighted by Gasteiger charge is -2.43. The second-order valence-electron chi connectivity index (χ2n) is 15.7. The van der Waals surface area contributed by atoms with Gasteiger partial charge in [0.25, 0.3) is 11.8 Å². The van der Waals surface area contributed by atoms with Gasteiger partial charge in [0.1, 0.15) is 55.1 Å². The number of aromatic amines is 1. The minimum Gasteiger partial charge on any atom is -0.445 e. The Morgan fingerprint density at radius 1 is 1.02 bits per heavy atom. The predicted molar refractivity (Wildman–Crippen MR) is 220 cm³/mol. The Hall–Kier alpha value is -6.40. The molecule has 2 aromatic heterocycles. The van der Waals surface area contributed by atoms with E-state index in [2.05, 4.69) is 46.5 Å². The number of nitrogens with zero attached hydrogens (tertiary/aromatic N) is 5. The summed E-state index contributed by atoms with van der Waals surface area (Å²) in [6.45, 7) is 4.37. The average molecular weight is 878 g/mol. The van der Waals surface area contributed by atoms with Crippen LogP contribution in [0.5, 0.6) is 0 Å². The second-order valence-corrected chi connectivity index (χ2v) is 15.7. The lowest BCUT2D eigenvalue weighted by molar-refractivity contribution is -0.185. The molecular formula is C40H51N11O12. The van der Waals surface area contributed by atoms with Crippen molar-refractivity contribution in [1.29, 1.82) is 0 Å². The van der Waals surface area contributed by atoms with Crippen molar-refractivity contribution in [2.24, 2.45) is 11.8 Å². The van der Waals surface area contributed by atoms with Gasteiger partial charge >= 0.3 is 6.09 Å². The van der Waals surface area contributed by atoms with Crippen LogP contribution in [0.25, 0.3) is 11.2 Å². The van der Waals surface area contributed by atoms with Crippen molar-refractivity contribution in [3.05, 3.63) is 54.6 Å². The summed E-state index contributed by atoms with van der Waals surface area (Å²) in [7, 11) is 0. The van der Waals surface area contributed by atoms with Gasteiger partial charge in [0.2, 0.25) is 17.7 Å². The third-order valence-corrected chi connectivity index (χ3v) is 10.9. The molecule has 338 valence electrons. The molecule has 3 aromatic rings. The number of hydrogen-bond acceptors (Lipinski definition) is 17. The number of aliphatic hydroxyl groups is 3. The van der Waals surface area contributed by atoms with E-state index in [0.717, 1.165) is 17.1 Å². The molecule has 1 unspecified atom stereocenters. The van der Waals surface area contributed by atoms with E-state index in [1.54, 1.807) is 38.1 Å². The number of fused-ring (bicyclic) bond motifs is 1. The van der Waals surface area contributed by atoms with Gasteiger partial charge in [-0.05, 0) is 43.4 Å². The zero-order valence-corrected chi connectivity index (χ0v) is 34.7. The summed E-state index contributed by atoms with van der Waals surface area (Å²) in [5, 5.41) is 46.1. The molecule has 3 aliphatic rings. The van der Waals surface area contributed by atoms with Crippen LogP contribution in [0.15, 0.2) is 49.1 Å². The zero-order valence-electron chi connectivity index (χ0n) is 34.7. The van der Waals surface area contributed by atoms with Gasteiger partial charge in [0, 0.05) is 43.4 Å². The Balaban J connectivity index is 0.950. The molecule has 9 N–H and O–H groups in total. The molecule has 63 heavy (non-hydrogen) atoms. The number of carbonyl (C=O) groups excluding carboxylic acids is 7. The molecule has 23 nitrogen and oxygen atoms in total. The number of carbonyl (C=O) groups is 7. The molecule has 5 heterocycles. The van der Waals surface area contributed by atoms with E-state index in [9.17, 15) is 48.9 Å². The van der Waals surface area contributed by atoms with Crippen LogP contribution in [-0.4, -0.2) is 162 Å². The second kappa shape index (κ2) is 20.6. The highest BCUT2D eigenvalue weighted by molar-refractivity contribution is 6.13. The first-order valence-electron chi connectivity index (χ1n) is 20.4. The molecular weight excluding hydrogens is 827 g/mol. The molecule has 0 bridgehead atoms. The Morgan fingerprint density at radius 2 is 1.75 bits per heavy atom. The van der Waals surface area contributed by atoms with Crippen molar-refractivity contribution >= 4 is 64.6 Å². The Bertz CT molecular complexity index is 2170. The number of H-pyrrole nitrogens is 1. The summed E-state index contributed by atoms with van der Waals surface area (Å²) in [6.07, 6.45) is -0.0139. The van der Waals surface area contributed by atoms with Crippen molar-refractivity contribution in [3.63, 3.8) is 0 Å². The molecule has 2 fully saturated rings. The number of hydrogen-bond donors (Lipinski definition) is 9. The Labute approximate surface area is 360 Å². The highest BCUT2D eigenvalue weighted by Gasteiger charge is 2.47. The van der Waals surface area contributed by atoms with Gasteiger partial charge in [-0.2, -0.15) is 0 Å². The van der Waals surface area contributed by atoms with Gasteiger partial charge in [-0.25, -0.2) is 19.7 Å². The predicted octanol–water partition coefficient (Wildman–Crippen LogP) is -1.71. The molecule has 0 saturated carbocycles. The number of aldehydes is 1. The number of ether oxygens (including phenoxy) is 2. The molecule has 9 atom stereocenters. The summed E-state index contributed by atoms with van der Waals surface area (Å²) in [5.41, 5.74) is 1.74. The minimum atomic E-state index is -1.59. The molecule has 23 heteroatoms. The number of nitrogens with one attached hydrogen (secondary N) is 6. The molecule has 2 saturated heterocycles. The van der Waals surface area contributed by atoms with E-state index in [4.69, 9.17) is 9.47 Å². The smallest absolute Gasteiger partial charge is 0.410 e. The van der Waals surface area contributed by atoms with Gasteiger partial charge in [-0.3, -0.25) is 33.8 Å². The van der Waals surface area contributed by atoms with Crippen LogP contribution in [0.4, 0.5) is 16.3 Å². The van der Waals surface area contributed by atoms with E-state index >= 15 is 0 Å². The topological polar surface area (TPSA) is 320 Å². The molecule has 6 rings (SSSR count). The minimum absolute atomic E-state index is 0.00879. The molecule has 6 amide bonds. The van der Waals surface area contributed by atoms with Crippen molar-refractivity contribution < 1.29 is 58.4 Å². The van der Waals surface area contributed by atoms with Gasteiger partial charge in [0.05, 0.1) is 25.0 Å². The summed E-state index contributed by atoms with van der Waals surface area (Å²) in [5.74, 6) is -3.46. The number of imide groups is 1. The maximum Gasteiger partial charge on any atom is 0.410 e. The summed E-state index contributed by atoms with van der Waals surface area (Å²) >= 11 is 0. The SMILES string of the molecule is CC(C)[C@H](NCC(C=O)CN1C(=O)C=CC1=O)C(=O)N[C@@H](C)C(=O)Nc1ccc(COC(=O)N2CCC[C@@H]2C(=O)N[C@@H]2[C@@H](O)[C@H](O)[C@@H](Nc3ncnc4nc[nH]c34)O[C@H]2CO)cc1. The van der Waals surface area contributed by atoms with Crippen molar-refractivity contribution in [2.45, 2.75) is 88.9 Å². The fraction of sp³-hybridized carbons (Fsp3) is 0.500. The first-order chi connectivity index (χ1) is 30.2. The molecule has 0 aliphatic carbocycles. The van der Waals surface area contributed by atoms with Crippen LogP contribution in [0.2, 0.25) is 0 Å². The Morgan fingerprint density at radius 3 is 2.43 bits per heavy atom. The van der Waals surface area contributed by atoms with E-state index in [0.29, 0.717) is 41.5 Å². The van der Waals surface area contributed by atoms with E-state index < -0.39 is 96.9 Å². The van der Waals surface area contributed by atoms with E-state index in [1.807, 2.05) is 0 Å². The lowest BCUT2D eigenvalue weighted by atomic mass is 9.95. The first kappa shape index (κ1) is 46.1. The quantitative estimate of drug-likeness (QED) is 0.0507. The van der Waals surface area contributed by atoms with Crippen LogP contribution in [-0.2, 0) is 44.8 Å². The lowest BCUT2D eigenvalue weighted by Crippen LogP contribution is -2.67. The fourth-order valence-corrected chi connectivity index (χ4v) is 7.39. The first-order valence-corrected chi connectivity index (χ1v) is 20.4. The van der Waals surface area contributed by atoms with Crippen LogP contribution >= 0.6 is 0 Å². The number of aliphatic hydroxyl groups excluding tert-OH is 3. The van der Waals surface area contributed by atoms with Crippen LogP contribution < -0.4 is 26.6 Å². The monoisotopic (exact) mass is 877 g/mol. The van der Waals surface area contributed by atoms with Crippen molar-refractivity contribution in [1.82, 2.24) is 45.7 Å². The highest BCUT2D eigenvalue weighted by Crippen LogP contribution is 2.26. The standard InChI is InChI=1S/C40H51N11O12/c1-20(2)29(41-13-23(15-52)14-51-27(54)10-11-28(51)55)38(60)46-21(3)36(58)47-24-8-6-22(7-9-24)17-62-40(61)50-12-4-5-25(50)37(59)48-30-26(16-53)63-39(33(57)32(30)56)49-35-31-34(43-18-42-31)44-19-45-35/h6-11,15,18-21,23,25-26,29-30,32-33,39,41,53,56-57H,4-5,12-14,16-17H2,1-3H3,(H,46,60)(H,47,58)(H,48,59)(H2,42,43,44,45,49)/t21-,23?,25+,26-,29-,30-,32+,33-,39-/m0/s1.